The van der Waals surface area contributed by atoms with E-state index in [0.717, 1.165) is 5.56 Å². The van der Waals surface area contributed by atoms with Gasteiger partial charge < -0.3 is 19.3 Å². The Morgan fingerprint density at radius 3 is 3.00 bits per heavy atom. The molecule has 0 saturated carbocycles. The number of aromatic nitrogens is 3. The average Bonchev–Trinajstić information content (AvgIpc) is 3.16. The summed E-state index contributed by atoms with van der Waals surface area (Å²) in [6, 6.07) is 1.58. The number of carbonyl (C=O) groups is 2. The van der Waals surface area contributed by atoms with Gasteiger partial charge in [-0.3, -0.25) is 14.3 Å². The van der Waals surface area contributed by atoms with Crippen LogP contribution in [0.25, 0.3) is 0 Å². The maximum atomic E-state index is 12.5. The van der Waals surface area contributed by atoms with E-state index in [1.54, 1.807) is 16.9 Å². The van der Waals surface area contributed by atoms with E-state index >= 15 is 0 Å². The molecule has 2 aromatic rings. The quantitative estimate of drug-likeness (QED) is 0.849. The van der Waals surface area contributed by atoms with Crippen LogP contribution in [-0.2, 0) is 16.1 Å². The minimum Gasteiger partial charge on any atom is -0.481 e. The van der Waals surface area contributed by atoms with Gasteiger partial charge in [0.1, 0.15) is 6.54 Å². The van der Waals surface area contributed by atoms with E-state index in [1.807, 2.05) is 13.1 Å². The first kappa shape index (κ1) is 16.2. The van der Waals surface area contributed by atoms with Crippen LogP contribution in [0.3, 0.4) is 0 Å². The topological polar surface area (TPSA) is 111 Å². The summed E-state index contributed by atoms with van der Waals surface area (Å²) in [4.78, 5) is 24.8. The zero-order valence-electron chi connectivity index (χ0n) is 13.2. The maximum Gasteiger partial charge on any atom is 0.306 e. The first-order chi connectivity index (χ1) is 11.5. The molecule has 1 aliphatic heterocycles. The number of carboxylic acids is 1. The van der Waals surface area contributed by atoms with Gasteiger partial charge in [0.25, 0.3) is 5.91 Å². The highest BCUT2D eigenvalue weighted by Gasteiger charge is 2.28. The Labute approximate surface area is 137 Å². The molecule has 0 aliphatic carbocycles. The van der Waals surface area contributed by atoms with Crippen LogP contribution in [0.2, 0.25) is 0 Å². The second-order valence-corrected chi connectivity index (χ2v) is 5.74. The van der Waals surface area contributed by atoms with E-state index in [9.17, 15) is 9.59 Å². The van der Waals surface area contributed by atoms with Crippen LogP contribution in [0.5, 0.6) is 0 Å². The fourth-order valence-corrected chi connectivity index (χ4v) is 2.59. The molecular formula is C15H18N4O5. The van der Waals surface area contributed by atoms with Gasteiger partial charge in [-0.2, -0.15) is 5.10 Å². The lowest BCUT2D eigenvalue weighted by atomic mass is 10.2. The summed E-state index contributed by atoms with van der Waals surface area (Å²) in [7, 11) is 0. The lowest BCUT2D eigenvalue weighted by molar-refractivity contribution is -0.141. The van der Waals surface area contributed by atoms with Gasteiger partial charge in [0.15, 0.2) is 11.5 Å². The number of rotatable bonds is 5. The van der Waals surface area contributed by atoms with E-state index in [-0.39, 0.29) is 24.6 Å². The van der Waals surface area contributed by atoms with Crippen molar-refractivity contribution in [2.45, 2.75) is 26.0 Å². The Kier molecular flexibility index (Phi) is 4.61. The number of morpholine rings is 1. The highest BCUT2D eigenvalue weighted by Crippen LogP contribution is 2.14. The molecule has 9 heteroatoms. The van der Waals surface area contributed by atoms with Gasteiger partial charge in [-0.15, -0.1) is 0 Å². The Hall–Kier alpha value is -2.68. The molecule has 0 aromatic carbocycles. The predicted molar refractivity (Wildman–Crippen MR) is 80.5 cm³/mol. The number of carboxylic acid groups (broad SMARTS) is 1. The molecule has 1 unspecified atom stereocenters. The van der Waals surface area contributed by atoms with Crippen LogP contribution in [0.1, 0.15) is 28.2 Å². The van der Waals surface area contributed by atoms with E-state index in [2.05, 4.69) is 10.3 Å². The fraction of sp³-hybridized carbons (Fsp3) is 0.467. The summed E-state index contributed by atoms with van der Waals surface area (Å²) in [5.41, 5.74) is 1.23. The lowest BCUT2D eigenvalue weighted by Crippen LogP contribution is -2.46. The van der Waals surface area contributed by atoms with Gasteiger partial charge in [0.05, 0.1) is 25.3 Å². The van der Waals surface area contributed by atoms with Crippen molar-refractivity contribution in [3.8, 4) is 0 Å². The predicted octanol–water partition coefficient (Wildman–Crippen LogP) is 0.544. The van der Waals surface area contributed by atoms with E-state index in [0.29, 0.717) is 25.5 Å². The minimum atomic E-state index is -0.951. The number of aryl methyl sites for hydroxylation is 1. The molecule has 1 saturated heterocycles. The second kappa shape index (κ2) is 6.83. The average molecular weight is 334 g/mol. The van der Waals surface area contributed by atoms with Gasteiger partial charge in [-0.25, -0.2) is 0 Å². The number of nitrogens with zero attached hydrogens (tertiary/aromatic N) is 4. The molecule has 9 nitrogen and oxygen atoms in total. The first-order valence-corrected chi connectivity index (χ1v) is 7.58. The third-order valence-corrected chi connectivity index (χ3v) is 3.69. The van der Waals surface area contributed by atoms with Crippen LogP contribution >= 0.6 is 0 Å². The second-order valence-electron chi connectivity index (χ2n) is 5.74. The normalized spacial score (nSPS) is 17.9. The molecule has 0 radical (unpaired) electrons. The van der Waals surface area contributed by atoms with Gasteiger partial charge in [-0.05, 0) is 12.5 Å². The van der Waals surface area contributed by atoms with Gasteiger partial charge in [-0.1, -0.05) is 5.16 Å². The summed E-state index contributed by atoms with van der Waals surface area (Å²) in [6.07, 6.45) is 2.96. The number of hydrogen-bond donors (Lipinski definition) is 1. The largest absolute Gasteiger partial charge is 0.481 e. The van der Waals surface area contributed by atoms with Crippen LogP contribution in [0, 0.1) is 6.92 Å². The molecule has 1 fully saturated rings. The third kappa shape index (κ3) is 3.80. The molecule has 1 aliphatic rings. The summed E-state index contributed by atoms with van der Waals surface area (Å²) in [5.74, 6) is -0.718. The monoisotopic (exact) mass is 334 g/mol. The highest BCUT2D eigenvalue weighted by molar-refractivity contribution is 5.92. The molecule has 1 N–H and O–H groups in total. The van der Waals surface area contributed by atoms with Crippen molar-refractivity contribution in [2.75, 3.05) is 19.7 Å². The molecule has 3 rings (SSSR count). The Balaban J connectivity index is 1.63. The van der Waals surface area contributed by atoms with Gasteiger partial charge >= 0.3 is 5.97 Å². The van der Waals surface area contributed by atoms with Crippen molar-refractivity contribution in [2.24, 2.45) is 0 Å². The molecule has 24 heavy (non-hydrogen) atoms. The van der Waals surface area contributed by atoms with Crippen molar-refractivity contribution in [1.82, 2.24) is 19.8 Å². The smallest absolute Gasteiger partial charge is 0.306 e. The van der Waals surface area contributed by atoms with Crippen molar-refractivity contribution in [3.63, 3.8) is 0 Å². The number of ether oxygens (including phenoxy) is 1. The van der Waals surface area contributed by atoms with Crippen molar-refractivity contribution in [1.29, 1.82) is 0 Å². The van der Waals surface area contributed by atoms with E-state index in [4.69, 9.17) is 14.4 Å². The van der Waals surface area contributed by atoms with Crippen molar-refractivity contribution < 1.29 is 24.0 Å². The Bertz CT molecular complexity index is 738. The Morgan fingerprint density at radius 2 is 2.29 bits per heavy atom. The SMILES string of the molecule is Cc1cnn(Cc2cc(C(=O)N3CCOC(CC(=O)O)C3)no2)c1. The van der Waals surface area contributed by atoms with Gasteiger partial charge in [0.2, 0.25) is 0 Å². The lowest BCUT2D eigenvalue weighted by Gasteiger charge is -2.31. The standard InChI is InChI=1S/C15H18N4O5/c1-10-6-16-19(7-10)9-12-4-13(17-24-12)15(22)18-2-3-23-11(8-18)5-14(20)21/h4,6-7,11H,2-3,5,8-9H2,1H3,(H,20,21). The minimum absolute atomic E-state index is 0.132. The maximum absolute atomic E-state index is 12.5. The summed E-state index contributed by atoms with van der Waals surface area (Å²) >= 11 is 0. The molecule has 0 spiro atoms. The van der Waals surface area contributed by atoms with Crippen LogP contribution in [0.15, 0.2) is 23.0 Å². The molecule has 3 heterocycles. The number of hydrogen-bond acceptors (Lipinski definition) is 6. The zero-order valence-corrected chi connectivity index (χ0v) is 13.2. The highest BCUT2D eigenvalue weighted by atomic mass is 16.5. The molecule has 1 atom stereocenters. The molecule has 2 aromatic heterocycles. The van der Waals surface area contributed by atoms with Crippen LogP contribution in [0.4, 0.5) is 0 Å². The summed E-state index contributed by atoms with van der Waals surface area (Å²) in [5, 5.41) is 16.8. The van der Waals surface area contributed by atoms with E-state index in [1.165, 1.54) is 4.90 Å². The number of amides is 1. The van der Waals surface area contributed by atoms with Crippen molar-refractivity contribution >= 4 is 11.9 Å². The fourth-order valence-electron chi connectivity index (χ4n) is 2.59. The summed E-state index contributed by atoms with van der Waals surface area (Å²) in [6.45, 7) is 3.26. The first-order valence-electron chi connectivity index (χ1n) is 7.58. The van der Waals surface area contributed by atoms with Gasteiger partial charge in [0, 0.05) is 25.4 Å². The molecule has 128 valence electrons. The molecule has 1 amide bonds. The molecule has 0 bridgehead atoms. The number of aliphatic carboxylic acids is 1. The van der Waals surface area contributed by atoms with E-state index < -0.39 is 12.1 Å². The van der Waals surface area contributed by atoms with Crippen LogP contribution in [-0.4, -0.2) is 62.6 Å². The van der Waals surface area contributed by atoms with Crippen LogP contribution < -0.4 is 0 Å². The zero-order chi connectivity index (χ0) is 17.1. The summed E-state index contributed by atoms with van der Waals surface area (Å²) < 4.78 is 12.3. The third-order valence-electron chi connectivity index (χ3n) is 3.69. The molecular weight excluding hydrogens is 316 g/mol. The number of carbonyl (C=O) groups excluding carboxylic acids is 1. The van der Waals surface area contributed by atoms with Crippen molar-refractivity contribution in [3.05, 3.63) is 35.5 Å². The Morgan fingerprint density at radius 1 is 1.46 bits per heavy atom.